The molecular weight excluding hydrogens is 252 g/mol. The van der Waals surface area contributed by atoms with E-state index in [-0.39, 0.29) is 12.1 Å². The maximum absolute atomic E-state index is 11.6. The Labute approximate surface area is 120 Å². The molecular formula is C17H22O3. The number of ether oxygens (including phenoxy) is 2. The molecule has 0 spiro atoms. The zero-order valence-electron chi connectivity index (χ0n) is 12.2. The van der Waals surface area contributed by atoms with Crippen molar-refractivity contribution in [2.45, 2.75) is 45.6 Å². The molecule has 3 heteroatoms. The van der Waals surface area contributed by atoms with Crippen LogP contribution in [0.2, 0.25) is 0 Å². The Morgan fingerprint density at radius 2 is 2.05 bits per heavy atom. The molecule has 0 heterocycles. The van der Waals surface area contributed by atoms with Crippen LogP contribution in [0.25, 0.3) is 0 Å². The van der Waals surface area contributed by atoms with Crippen LogP contribution in [0.1, 0.15) is 38.2 Å². The highest BCUT2D eigenvalue weighted by Gasteiger charge is 2.21. The summed E-state index contributed by atoms with van der Waals surface area (Å²) in [6.45, 7) is 4.28. The molecule has 1 aliphatic carbocycles. The molecule has 0 amide bonds. The molecule has 1 atom stereocenters. The molecule has 3 nitrogen and oxygen atoms in total. The highest BCUT2D eigenvalue weighted by atomic mass is 16.5. The summed E-state index contributed by atoms with van der Waals surface area (Å²) >= 11 is 0. The van der Waals surface area contributed by atoms with Gasteiger partial charge in [-0.25, -0.2) is 4.79 Å². The summed E-state index contributed by atoms with van der Waals surface area (Å²) < 4.78 is 11.0. The molecule has 1 aromatic rings. The predicted molar refractivity (Wildman–Crippen MR) is 78.8 cm³/mol. The van der Waals surface area contributed by atoms with E-state index in [1.165, 1.54) is 5.56 Å². The maximum Gasteiger partial charge on any atom is 0.330 e. The summed E-state index contributed by atoms with van der Waals surface area (Å²) in [5, 5.41) is 0. The first-order chi connectivity index (χ1) is 9.69. The molecule has 1 aromatic carbocycles. The van der Waals surface area contributed by atoms with E-state index >= 15 is 0 Å². The Morgan fingerprint density at radius 1 is 1.30 bits per heavy atom. The lowest BCUT2D eigenvalue weighted by molar-refractivity contribution is -0.137. The largest absolute Gasteiger partial charge is 0.486 e. The number of hydrogen-bond acceptors (Lipinski definition) is 3. The van der Waals surface area contributed by atoms with Crippen LogP contribution < -0.4 is 4.74 Å². The van der Waals surface area contributed by atoms with Crippen LogP contribution in [0, 0.1) is 6.92 Å². The molecule has 20 heavy (non-hydrogen) atoms. The molecule has 0 N–H and O–H groups in total. The van der Waals surface area contributed by atoms with E-state index in [0.29, 0.717) is 6.61 Å². The van der Waals surface area contributed by atoms with E-state index in [4.69, 9.17) is 9.47 Å². The van der Waals surface area contributed by atoms with Gasteiger partial charge in [0, 0.05) is 6.08 Å². The summed E-state index contributed by atoms with van der Waals surface area (Å²) in [7, 11) is 0. The smallest absolute Gasteiger partial charge is 0.330 e. The molecule has 0 saturated heterocycles. The third kappa shape index (κ3) is 4.12. The van der Waals surface area contributed by atoms with Crippen molar-refractivity contribution in [1.29, 1.82) is 0 Å². The maximum atomic E-state index is 11.6. The van der Waals surface area contributed by atoms with E-state index in [2.05, 4.69) is 6.92 Å². The number of hydrogen-bond donors (Lipinski definition) is 0. The van der Waals surface area contributed by atoms with E-state index < -0.39 is 0 Å². The number of benzene rings is 1. The second-order valence-electron chi connectivity index (χ2n) is 5.14. The van der Waals surface area contributed by atoms with Gasteiger partial charge in [0.1, 0.15) is 11.9 Å². The molecule has 0 aromatic heterocycles. The van der Waals surface area contributed by atoms with Gasteiger partial charge in [-0.2, -0.15) is 0 Å². The Balaban J connectivity index is 2.06. The van der Waals surface area contributed by atoms with Gasteiger partial charge >= 0.3 is 5.97 Å². The minimum Gasteiger partial charge on any atom is -0.486 e. The third-order valence-electron chi connectivity index (χ3n) is 3.48. The van der Waals surface area contributed by atoms with Gasteiger partial charge in [0.05, 0.1) is 6.61 Å². The molecule has 0 bridgehead atoms. The van der Waals surface area contributed by atoms with E-state index in [1.54, 1.807) is 6.08 Å². The molecule has 1 saturated carbocycles. The Morgan fingerprint density at radius 3 is 2.75 bits per heavy atom. The molecule has 0 radical (unpaired) electrons. The molecule has 1 fully saturated rings. The van der Waals surface area contributed by atoms with Crippen LogP contribution >= 0.6 is 0 Å². The molecule has 2 rings (SSSR count). The van der Waals surface area contributed by atoms with Crippen molar-refractivity contribution in [3.63, 3.8) is 0 Å². The molecule has 108 valence electrons. The first-order valence-electron chi connectivity index (χ1n) is 7.29. The lowest BCUT2D eigenvalue weighted by Gasteiger charge is -2.26. The molecule has 1 aliphatic rings. The average Bonchev–Trinajstić information content (AvgIpc) is 2.44. The van der Waals surface area contributed by atoms with Crippen LogP contribution in [0.5, 0.6) is 5.75 Å². The fourth-order valence-corrected chi connectivity index (χ4v) is 2.42. The van der Waals surface area contributed by atoms with Crippen LogP contribution in [0.3, 0.4) is 0 Å². The van der Waals surface area contributed by atoms with Crippen LogP contribution in [-0.4, -0.2) is 18.7 Å². The standard InChI is InChI=1S/C17H22O3/c1-3-19-17(18)12-14-6-4-5-7-16(14)20-15-10-8-13(2)9-11-15/h8-12,16H,3-7H2,1-2H3/b14-12+. The summed E-state index contributed by atoms with van der Waals surface area (Å²) in [6.07, 6.45) is 5.72. The van der Waals surface area contributed by atoms with Gasteiger partial charge in [-0.1, -0.05) is 17.7 Å². The van der Waals surface area contributed by atoms with Gasteiger partial charge < -0.3 is 9.47 Å². The predicted octanol–water partition coefficient (Wildman–Crippen LogP) is 3.81. The number of carbonyl (C=O) groups excluding carboxylic acids is 1. The van der Waals surface area contributed by atoms with Crippen molar-refractivity contribution in [3.05, 3.63) is 41.5 Å². The van der Waals surface area contributed by atoms with Gasteiger partial charge in [0.2, 0.25) is 0 Å². The first-order valence-corrected chi connectivity index (χ1v) is 7.29. The fraction of sp³-hybridized carbons (Fsp3) is 0.471. The lowest BCUT2D eigenvalue weighted by Crippen LogP contribution is -2.24. The average molecular weight is 274 g/mol. The number of esters is 1. The summed E-state index contributed by atoms with van der Waals surface area (Å²) in [5.74, 6) is 0.596. The zero-order valence-corrected chi connectivity index (χ0v) is 12.2. The van der Waals surface area contributed by atoms with E-state index in [0.717, 1.165) is 37.0 Å². The number of carbonyl (C=O) groups is 1. The topological polar surface area (TPSA) is 35.5 Å². The highest BCUT2D eigenvalue weighted by Crippen LogP contribution is 2.28. The van der Waals surface area contributed by atoms with Gasteiger partial charge in [0.25, 0.3) is 0 Å². The number of rotatable bonds is 4. The van der Waals surface area contributed by atoms with Crippen LogP contribution in [-0.2, 0) is 9.53 Å². The normalized spacial score (nSPS) is 20.7. The van der Waals surface area contributed by atoms with Crippen molar-refractivity contribution >= 4 is 5.97 Å². The minimum absolute atomic E-state index is 0.00383. The molecule has 1 unspecified atom stereocenters. The summed E-state index contributed by atoms with van der Waals surface area (Å²) in [4.78, 5) is 11.6. The summed E-state index contributed by atoms with van der Waals surface area (Å²) in [5.41, 5.74) is 2.26. The lowest BCUT2D eigenvalue weighted by atomic mass is 9.91. The van der Waals surface area contributed by atoms with Crippen molar-refractivity contribution in [2.75, 3.05) is 6.61 Å². The zero-order chi connectivity index (χ0) is 14.4. The van der Waals surface area contributed by atoms with Crippen LogP contribution in [0.15, 0.2) is 35.9 Å². The Bertz CT molecular complexity index is 474. The third-order valence-corrected chi connectivity index (χ3v) is 3.48. The Kier molecular flexibility index (Phi) is 5.22. The quantitative estimate of drug-likeness (QED) is 0.618. The van der Waals surface area contributed by atoms with Crippen LogP contribution in [0.4, 0.5) is 0 Å². The SMILES string of the molecule is CCOC(=O)/C=C1\CCCCC1Oc1ccc(C)cc1. The van der Waals surface area contributed by atoms with E-state index in [9.17, 15) is 4.79 Å². The van der Waals surface area contributed by atoms with E-state index in [1.807, 2.05) is 31.2 Å². The van der Waals surface area contributed by atoms with Crippen molar-refractivity contribution in [2.24, 2.45) is 0 Å². The fourth-order valence-electron chi connectivity index (χ4n) is 2.42. The summed E-state index contributed by atoms with van der Waals surface area (Å²) in [6, 6.07) is 8.03. The Hall–Kier alpha value is -1.77. The molecule has 0 aliphatic heterocycles. The second-order valence-corrected chi connectivity index (χ2v) is 5.14. The first kappa shape index (κ1) is 14.6. The van der Waals surface area contributed by atoms with Gasteiger partial charge in [0.15, 0.2) is 0 Å². The second kappa shape index (κ2) is 7.13. The van der Waals surface area contributed by atoms with Crippen molar-refractivity contribution in [3.8, 4) is 5.75 Å². The van der Waals surface area contributed by atoms with Gasteiger partial charge in [-0.05, 0) is 57.2 Å². The number of aryl methyl sites for hydroxylation is 1. The van der Waals surface area contributed by atoms with Gasteiger partial charge in [-0.3, -0.25) is 0 Å². The van der Waals surface area contributed by atoms with Gasteiger partial charge in [-0.15, -0.1) is 0 Å². The van der Waals surface area contributed by atoms with Crippen molar-refractivity contribution < 1.29 is 14.3 Å². The monoisotopic (exact) mass is 274 g/mol. The highest BCUT2D eigenvalue weighted by molar-refractivity contribution is 5.83. The van der Waals surface area contributed by atoms with Crippen molar-refractivity contribution in [1.82, 2.24) is 0 Å². The minimum atomic E-state index is -0.262.